The molecule has 0 radical (unpaired) electrons. The molecule has 7 heteroatoms. The van der Waals surface area contributed by atoms with Crippen LogP contribution in [0.15, 0.2) is 0 Å². The van der Waals surface area contributed by atoms with E-state index in [4.69, 9.17) is 0 Å². The number of carbonyl (C=O) groups is 3. The summed E-state index contributed by atoms with van der Waals surface area (Å²) in [7, 11) is 3.29. The van der Waals surface area contributed by atoms with Gasteiger partial charge in [0.2, 0.25) is 5.91 Å². The molecule has 0 aromatic heterocycles. The highest BCUT2D eigenvalue weighted by molar-refractivity contribution is 5.79. The van der Waals surface area contributed by atoms with Crippen LogP contribution in [0.1, 0.15) is 33.1 Å². The number of nitrogens with zero attached hydrogens (tertiary/aromatic N) is 1. The first-order valence-corrected chi connectivity index (χ1v) is 6.74. The number of amides is 3. The van der Waals surface area contributed by atoms with Crippen molar-refractivity contribution in [2.75, 3.05) is 27.2 Å². The van der Waals surface area contributed by atoms with Crippen LogP contribution in [-0.4, -0.2) is 55.1 Å². The Balaban J connectivity index is 4.16. The SMILES string of the molecule is CCC(CC)(CNC(=O)NCCC(=O)N(C)C)C(=O)O. The van der Waals surface area contributed by atoms with Crippen molar-refractivity contribution in [2.24, 2.45) is 5.41 Å². The number of carbonyl (C=O) groups excluding carboxylic acids is 2. The van der Waals surface area contributed by atoms with Crippen LogP contribution >= 0.6 is 0 Å². The summed E-state index contributed by atoms with van der Waals surface area (Å²) in [6, 6.07) is -0.455. The van der Waals surface area contributed by atoms with E-state index in [2.05, 4.69) is 10.6 Å². The highest BCUT2D eigenvalue weighted by Gasteiger charge is 2.35. The third-order valence-electron chi connectivity index (χ3n) is 3.52. The summed E-state index contributed by atoms with van der Waals surface area (Å²) in [4.78, 5) is 35.6. The van der Waals surface area contributed by atoms with Crippen molar-refractivity contribution in [2.45, 2.75) is 33.1 Å². The van der Waals surface area contributed by atoms with Gasteiger partial charge >= 0.3 is 12.0 Å². The molecule has 3 N–H and O–H groups in total. The van der Waals surface area contributed by atoms with E-state index in [1.165, 1.54) is 4.90 Å². The van der Waals surface area contributed by atoms with Crippen LogP contribution in [0.2, 0.25) is 0 Å². The lowest BCUT2D eigenvalue weighted by Crippen LogP contribution is -2.46. The minimum atomic E-state index is -0.934. The van der Waals surface area contributed by atoms with Gasteiger partial charge < -0.3 is 20.6 Å². The molecule has 0 rings (SSSR count). The molecule has 0 bridgehead atoms. The molecular formula is C13H25N3O4. The molecule has 0 unspecified atom stereocenters. The van der Waals surface area contributed by atoms with Crippen molar-refractivity contribution in [3.05, 3.63) is 0 Å². The van der Waals surface area contributed by atoms with Crippen LogP contribution in [0, 0.1) is 5.41 Å². The van der Waals surface area contributed by atoms with E-state index >= 15 is 0 Å². The van der Waals surface area contributed by atoms with Crippen LogP contribution in [0.5, 0.6) is 0 Å². The van der Waals surface area contributed by atoms with E-state index in [0.717, 1.165) is 0 Å². The lowest BCUT2D eigenvalue weighted by Gasteiger charge is -2.26. The van der Waals surface area contributed by atoms with Gasteiger partial charge in [-0.1, -0.05) is 13.8 Å². The van der Waals surface area contributed by atoms with E-state index in [-0.39, 0.29) is 25.4 Å². The number of urea groups is 1. The van der Waals surface area contributed by atoms with Crippen LogP contribution in [0.25, 0.3) is 0 Å². The maximum Gasteiger partial charge on any atom is 0.314 e. The molecule has 0 saturated heterocycles. The Morgan fingerprint density at radius 1 is 1.10 bits per heavy atom. The first-order chi connectivity index (χ1) is 9.29. The van der Waals surface area contributed by atoms with E-state index < -0.39 is 17.4 Å². The fourth-order valence-corrected chi connectivity index (χ4v) is 1.70. The number of hydrogen-bond donors (Lipinski definition) is 3. The van der Waals surface area contributed by atoms with Crippen molar-refractivity contribution >= 4 is 17.9 Å². The third kappa shape index (κ3) is 5.46. The van der Waals surface area contributed by atoms with E-state index in [0.29, 0.717) is 12.8 Å². The molecule has 0 aromatic carbocycles. The Kier molecular flexibility index (Phi) is 7.64. The quantitative estimate of drug-likeness (QED) is 0.610. The fourth-order valence-electron chi connectivity index (χ4n) is 1.70. The lowest BCUT2D eigenvalue weighted by molar-refractivity contribution is -0.149. The maximum atomic E-state index is 11.6. The van der Waals surface area contributed by atoms with Gasteiger partial charge in [-0.2, -0.15) is 0 Å². The van der Waals surface area contributed by atoms with Gasteiger partial charge in [-0.05, 0) is 12.8 Å². The highest BCUT2D eigenvalue weighted by atomic mass is 16.4. The summed E-state index contributed by atoms with van der Waals surface area (Å²) in [6.45, 7) is 3.86. The number of aliphatic carboxylic acids is 1. The number of nitrogens with one attached hydrogen (secondary N) is 2. The molecule has 116 valence electrons. The Labute approximate surface area is 119 Å². The van der Waals surface area contributed by atoms with Crippen molar-refractivity contribution < 1.29 is 19.5 Å². The molecule has 0 saturated carbocycles. The second kappa shape index (κ2) is 8.39. The van der Waals surface area contributed by atoms with Crippen molar-refractivity contribution in [1.29, 1.82) is 0 Å². The molecule has 7 nitrogen and oxygen atoms in total. The predicted octanol–water partition coefficient (Wildman–Crippen LogP) is 0.655. The van der Waals surface area contributed by atoms with Crippen molar-refractivity contribution in [3.8, 4) is 0 Å². The zero-order valence-electron chi connectivity index (χ0n) is 12.7. The van der Waals surface area contributed by atoms with Gasteiger partial charge in [0.15, 0.2) is 0 Å². The van der Waals surface area contributed by atoms with Crippen LogP contribution < -0.4 is 10.6 Å². The van der Waals surface area contributed by atoms with Crippen LogP contribution in [0.4, 0.5) is 4.79 Å². The Bertz CT molecular complexity index is 352. The van der Waals surface area contributed by atoms with E-state index in [1.54, 1.807) is 27.9 Å². The molecule has 0 spiro atoms. The van der Waals surface area contributed by atoms with Crippen molar-refractivity contribution in [1.82, 2.24) is 15.5 Å². The number of carboxylic acids is 1. The minimum Gasteiger partial charge on any atom is -0.481 e. The summed E-state index contributed by atoms with van der Waals surface area (Å²) >= 11 is 0. The monoisotopic (exact) mass is 287 g/mol. The van der Waals surface area contributed by atoms with Gasteiger partial charge in [-0.25, -0.2) is 4.79 Å². The second-order valence-electron chi connectivity index (χ2n) is 4.94. The van der Waals surface area contributed by atoms with Gasteiger partial charge in [0, 0.05) is 33.6 Å². The molecule has 0 atom stereocenters. The molecule has 0 aromatic rings. The number of hydrogen-bond acceptors (Lipinski definition) is 3. The predicted molar refractivity (Wildman–Crippen MR) is 75.4 cm³/mol. The fraction of sp³-hybridized carbons (Fsp3) is 0.769. The zero-order valence-corrected chi connectivity index (χ0v) is 12.7. The highest BCUT2D eigenvalue weighted by Crippen LogP contribution is 2.25. The Hall–Kier alpha value is -1.79. The van der Waals surface area contributed by atoms with E-state index in [1.807, 2.05) is 0 Å². The molecular weight excluding hydrogens is 262 g/mol. The molecule has 20 heavy (non-hydrogen) atoms. The standard InChI is InChI=1S/C13H25N3O4/c1-5-13(6-2,11(18)19)9-15-12(20)14-8-7-10(17)16(3)4/h5-9H2,1-4H3,(H,18,19)(H2,14,15,20). The van der Waals surface area contributed by atoms with Crippen molar-refractivity contribution in [3.63, 3.8) is 0 Å². The number of carboxylic acid groups (broad SMARTS) is 1. The van der Waals surface area contributed by atoms with E-state index in [9.17, 15) is 19.5 Å². The molecule has 0 fully saturated rings. The molecule has 0 aliphatic heterocycles. The lowest BCUT2D eigenvalue weighted by atomic mass is 9.82. The van der Waals surface area contributed by atoms with Crippen LogP contribution in [0.3, 0.4) is 0 Å². The molecule has 3 amide bonds. The first kappa shape index (κ1) is 18.2. The largest absolute Gasteiger partial charge is 0.481 e. The molecule has 0 heterocycles. The van der Waals surface area contributed by atoms with Gasteiger partial charge in [0.05, 0.1) is 5.41 Å². The molecule has 0 aliphatic rings. The number of rotatable bonds is 8. The minimum absolute atomic E-state index is 0.0722. The summed E-state index contributed by atoms with van der Waals surface area (Å²) in [5.41, 5.74) is -0.934. The first-order valence-electron chi connectivity index (χ1n) is 6.74. The summed E-state index contributed by atoms with van der Waals surface area (Å²) in [5, 5.41) is 14.3. The topological polar surface area (TPSA) is 98.7 Å². The summed E-state index contributed by atoms with van der Waals surface area (Å²) in [5.74, 6) is -0.988. The molecule has 0 aliphatic carbocycles. The normalized spacial score (nSPS) is 10.8. The second-order valence-corrected chi connectivity index (χ2v) is 4.94. The smallest absolute Gasteiger partial charge is 0.314 e. The van der Waals surface area contributed by atoms with Gasteiger partial charge in [0.25, 0.3) is 0 Å². The summed E-state index contributed by atoms with van der Waals surface area (Å²) < 4.78 is 0. The average Bonchev–Trinajstić information content (AvgIpc) is 2.39. The zero-order chi connectivity index (χ0) is 15.8. The van der Waals surface area contributed by atoms with Crippen LogP contribution in [-0.2, 0) is 9.59 Å². The Morgan fingerprint density at radius 2 is 1.65 bits per heavy atom. The Morgan fingerprint density at radius 3 is 2.05 bits per heavy atom. The average molecular weight is 287 g/mol. The third-order valence-corrected chi connectivity index (χ3v) is 3.52. The summed E-state index contributed by atoms with van der Waals surface area (Å²) in [6.07, 6.45) is 1.10. The van der Waals surface area contributed by atoms with Gasteiger partial charge in [-0.3, -0.25) is 9.59 Å². The van der Waals surface area contributed by atoms with Gasteiger partial charge in [0.1, 0.15) is 0 Å². The van der Waals surface area contributed by atoms with Gasteiger partial charge in [-0.15, -0.1) is 0 Å². The maximum absolute atomic E-state index is 11.6.